The lowest BCUT2D eigenvalue weighted by Crippen LogP contribution is -2.29. The van der Waals surface area contributed by atoms with Gasteiger partial charge in [-0.2, -0.15) is 0 Å². The maximum absolute atomic E-state index is 14.5. The van der Waals surface area contributed by atoms with Gasteiger partial charge >= 0.3 is 0 Å². The molecule has 0 radical (unpaired) electrons. The normalized spacial score (nSPS) is 19.5. The zero-order valence-electron chi connectivity index (χ0n) is 15.0. The quantitative estimate of drug-likeness (QED) is 0.563. The third kappa shape index (κ3) is 3.62. The van der Waals surface area contributed by atoms with Crippen LogP contribution in [0.3, 0.4) is 0 Å². The van der Waals surface area contributed by atoms with Crippen molar-refractivity contribution in [2.45, 2.75) is 18.9 Å². The van der Waals surface area contributed by atoms with Gasteiger partial charge in [0.1, 0.15) is 5.82 Å². The highest BCUT2D eigenvalue weighted by atomic mass is 35.5. The van der Waals surface area contributed by atoms with Crippen molar-refractivity contribution in [3.05, 3.63) is 63.7 Å². The molecular formula is C20H17ClFN3OS2. The summed E-state index contributed by atoms with van der Waals surface area (Å²) in [6.45, 7) is 1.86. The Kier molecular flexibility index (Phi) is 5.07. The van der Waals surface area contributed by atoms with E-state index in [0.717, 1.165) is 15.8 Å². The molecule has 1 unspecified atom stereocenters. The molecule has 4 rings (SSSR count). The summed E-state index contributed by atoms with van der Waals surface area (Å²) >= 11 is 9.01. The van der Waals surface area contributed by atoms with E-state index in [1.807, 2.05) is 13.0 Å². The summed E-state index contributed by atoms with van der Waals surface area (Å²) in [6.07, 6.45) is 0.667. The van der Waals surface area contributed by atoms with Crippen LogP contribution in [0.2, 0.25) is 5.02 Å². The van der Waals surface area contributed by atoms with Crippen LogP contribution in [0.4, 0.5) is 10.1 Å². The van der Waals surface area contributed by atoms with Crippen molar-refractivity contribution < 1.29 is 9.18 Å². The third-order valence-electron chi connectivity index (χ3n) is 4.78. The van der Waals surface area contributed by atoms with E-state index in [1.54, 1.807) is 29.6 Å². The Labute approximate surface area is 175 Å². The van der Waals surface area contributed by atoms with Gasteiger partial charge in [-0.15, -0.1) is 11.3 Å². The number of benzene rings is 2. The molecule has 0 saturated carbocycles. The van der Waals surface area contributed by atoms with Crippen molar-refractivity contribution in [2.75, 3.05) is 11.1 Å². The highest BCUT2D eigenvalue weighted by Gasteiger charge is 2.32. The Hall–Kier alpha value is -2.09. The van der Waals surface area contributed by atoms with Crippen molar-refractivity contribution in [3.8, 4) is 0 Å². The van der Waals surface area contributed by atoms with Crippen molar-refractivity contribution in [1.82, 2.24) is 0 Å². The van der Waals surface area contributed by atoms with Gasteiger partial charge in [0.2, 0.25) is 0 Å². The predicted molar refractivity (Wildman–Crippen MR) is 117 cm³/mol. The molecule has 0 fully saturated rings. The second kappa shape index (κ2) is 7.39. The lowest BCUT2D eigenvalue weighted by Gasteiger charge is -2.30. The first-order valence-electron chi connectivity index (χ1n) is 8.62. The van der Waals surface area contributed by atoms with Crippen LogP contribution in [-0.2, 0) is 5.54 Å². The fraction of sp³-hybridized carbons (Fsp3) is 0.200. The molecule has 1 aliphatic heterocycles. The number of anilines is 1. The van der Waals surface area contributed by atoms with Crippen LogP contribution in [-0.4, -0.2) is 16.8 Å². The molecule has 144 valence electrons. The van der Waals surface area contributed by atoms with Gasteiger partial charge in [-0.05, 0) is 49.7 Å². The SMILES string of the molecule is CC1(c2cc(NC(=O)c3csc4ccc(Cl)cc34)ccc2F)CCSC(N)=N1. The van der Waals surface area contributed by atoms with Crippen molar-refractivity contribution in [2.24, 2.45) is 10.7 Å². The second-order valence-corrected chi connectivity index (χ2v) is 9.22. The summed E-state index contributed by atoms with van der Waals surface area (Å²) in [5.41, 5.74) is 6.58. The molecular weight excluding hydrogens is 417 g/mol. The molecule has 2 heterocycles. The molecule has 1 amide bonds. The minimum atomic E-state index is -0.747. The van der Waals surface area contributed by atoms with Crippen molar-refractivity contribution >= 4 is 61.5 Å². The van der Waals surface area contributed by atoms with Crippen molar-refractivity contribution in [1.29, 1.82) is 0 Å². The van der Waals surface area contributed by atoms with E-state index in [0.29, 0.717) is 33.4 Å². The highest BCUT2D eigenvalue weighted by molar-refractivity contribution is 8.13. The molecule has 8 heteroatoms. The van der Waals surface area contributed by atoms with E-state index < -0.39 is 5.54 Å². The number of hydrogen-bond acceptors (Lipinski definition) is 5. The topological polar surface area (TPSA) is 67.5 Å². The van der Waals surface area contributed by atoms with E-state index in [9.17, 15) is 9.18 Å². The van der Waals surface area contributed by atoms with E-state index in [2.05, 4.69) is 10.3 Å². The number of aliphatic imine (C=N–C) groups is 1. The molecule has 0 bridgehead atoms. The van der Waals surface area contributed by atoms with Gasteiger partial charge in [-0.3, -0.25) is 9.79 Å². The summed E-state index contributed by atoms with van der Waals surface area (Å²) in [6, 6.07) is 10.00. The number of thioether (sulfide) groups is 1. The molecule has 1 aliphatic rings. The zero-order valence-corrected chi connectivity index (χ0v) is 17.3. The smallest absolute Gasteiger partial charge is 0.257 e. The lowest BCUT2D eigenvalue weighted by molar-refractivity contribution is 0.102. The molecule has 0 saturated heterocycles. The van der Waals surface area contributed by atoms with Gasteiger partial charge in [0, 0.05) is 37.5 Å². The van der Waals surface area contributed by atoms with Crippen LogP contribution in [0.1, 0.15) is 29.3 Å². The van der Waals surface area contributed by atoms with E-state index >= 15 is 0 Å². The highest BCUT2D eigenvalue weighted by Crippen LogP contribution is 2.37. The number of amidine groups is 1. The average Bonchev–Trinajstić information content (AvgIpc) is 3.06. The zero-order chi connectivity index (χ0) is 19.9. The number of carbonyl (C=O) groups excluding carboxylic acids is 1. The van der Waals surface area contributed by atoms with Crippen LogP contribution in [0.15, 0.2) is 46.8 Å². The summed E-state index contributed by atoms with van der Waals surface area (Å²) in [5, 5.41) is 6.48. The van der Waals surface area contributed by atoms with Crippen LogP contribution < -0.4 is 11.1 Å². The van der Waals surface area contributed by atoms with E-state index in [4.69, 9.17) is 17.3 Å². The molecule has 1 atom stereocenters. The standard InChI is InChI=1S/C20H17ClFN3OS2/c1-20(6-7-27-19(23)25-20)15-9-12(3-4-16(15)22)24-18(26)14-10-28-17-5-2-11(21)8-13(14)17/h2-5,8-10H,6-7H2,1H3,(H2,23,25)(H,24,26). The molecule has 3 N–H and O–H groups in total. The summed E-state index contributed by atoms with van der Waals surface area (Å²) < 4.78 is 15.5. The number of carbonyl (C=O) groups is 1. The second-order valence-electron chi connectivity index (χ2n) is 6.76. The average molecular weight is 434 g/mol. The maximum Gasteiger partial charge on any atom is 0.257 e. The van der Waals surface area contributed by atoms with E-state index in [1.165, 1.54) is 29.2 Å². The molecule has 1 aromatic heterocycles. The van der Waals surface area contributed by atoms with E-state index in [-0.39, 0.29) is 11.7 Å². The van der Waals surface area contributed by atoms with Gasteiger partial charge in [-0.25, -0.2) is 4.39 Å². The molecule has 0 spiro atoms. The minimum absolute atomic E-state index is 0.265. The van der Waals surface area contributed by atoms with Crippen LogP contribution in [0.25, 0.3) is 10.1 Å². The Bertz CT molecular complexity index is 1110. The number of nitrogens with zero attached hydrogens (tertiary/aromatic N) is 1. The largest absolute Gasteiger partial charge is 0.379 e. The molecule has 4 nitrogen and oxygen atoms in total. The van der Waals surface area contributed by atoms with Gasteiger partial charge < -0.3 is 11.1 Å². The van der Waals surface area contributed by atoms with Gasteiger partial charge in [0.25, 0.3) is 5.91 Å². The number of nitrogens with two attached hydrogens (primary N) is 1. The van der Waals surface area contributed by atoms with Crippen LogP contribution in [0.5, 0.6) is 0 Å². The van der Waals surface area contributed by atoms with Gasteiger partial charge in [0.15, 0.2) is 5.17 Å². The first-order chi connectivity index (χ1) is 13.4. The fourth-order valence-electron chi connectivity index (χ4n) is 3.27. The Balaban J connectivity index is 1.66. The number of amides is 1. The molecule has 3 aromatic rings. The monoisotopic (exact) mass is 433 g/mol. The third-order valence-corrected chi connectivity index (χ3v) is 6.77. The number of halogens is 2. The summed E-state index contributed by atoms with van der Waals surface area (Å²) in [4.78, 5) is 17.3. The Morgan fingerprint density at radius 1 is 1.32 bits per heavy atom. The Morgan fingerprint density at radius 2 is 2.14 bits per heavy atom. The first-order valence-corrected chi connectivity index (χ1v) is 10.9. The molecule has 28 heavy (non-hydrogen) atoms. The minimum Gasteiger partial charge on any atom is -0.379 e. The number of fused-ring (bicyclic) bond motifs is 1. The first kappa shape index (κ1) is 19.2. The summed E-state index contributed by atoms with van der Waals surface area (Å²) in [7, 11) is 0. The summed E-state index contributed by atoms with van der Waals surface area (Å²) in [5.74, 6) is 0.138. The van der Waals surface area contributed by atoms with Gasteiger partial charge in [0.05, 0.1) is 11.1 Å². The number of nitrogens with one attached hydrogen (secondary N) is 1. The number of hydrogen-bond donors (Lipinski definition) is 2. The number of thiophene rings is 1. The van der Waals surface area contributed by atoms with Crippen LogP contribution in [0, 0.1) is 5.82 Å². The maximum atomic E-state index is 14.5. The number of rotatable bonds is 3. The van der Waals surface area contributed by atoms with Gasteiger partial charge in [-0.1, -0.05) is 23.4 Å². The predicted octanol–water partition coefficient (Wildman–Crippen LogP) is 5.61. The Morgan fingerprint density at radius 3 is 2.93 bits per heavy atom. The van der Waals surface area contributed by atoms with Crippen molar-refractivity contribution in [3.63, 3.8) is 0 Å². The molecule has 2 aromatic carbocycles. The van der Waals surface area contributed by atoms with Crippen LogP contribution >= 0.6 is 34.7 Å². The lowest BCUT2D eigenvalue weighted by atomic mass is 9.89. The fourth-order valence-corrected chi connectivity index (χ4v) is 5.34. The molecule has 0 aliphatic carbocycles.